The van der Waals surface area contributed by atoms with Gasteiger partial charge in [0.1, 0.15) is 0 Å². The zero-order valence-electron chi connectivity index (χ0n) is 13.9. The summed E-state index contributed by atoms with van der Waals surface area (Å²) in [5.41, 5.74) is 6.27. The number of aromatic nitrogens is 1. The van der Waals surface area contributed by atoms with Crippen molar-refractivity contribution >= 4 is 28.5 Å². The summed E-state index contributed by atoms with van der Waals surface area (Å²) in [4.78, 5) is 26.5. The molecule has 138 valence electrons. The first kappa shape index (κ1) is 18.3. The molecule has 1 aromatic heterocycles. The molecule has 0 spiro atoms. The minimum Gasteiger partial charge on any atom is -0.440 e. The number of thiazole rings is 1. The molecule has 0 aliphatic carbocycles. The number of carbonyl (C=O) groups excluding carboxylic acids is 2. The van der Waals surface area contributed by atoms with Crippen molar-refractivity contribution in [3.8, 4) is 11.3 Å². The lowest BCUT2D eigenvalue weighted by Crippen LogP contribution is -2.33. The summed E-state index contributed by atoms with van der Waals surface area (Å²) in [6.45, 7) is 0.594. The van der Waals surface area contributed by atoms with Gasteiger partial charge in [-0.05, 0) is 11.6 Å². The van der Waals surface area contributed by atoms with Gasteiger partial charge < -0.3 is 20.3 Å². The van der Waals surface area contributed by atoms with E-state index in [1.54, 1.807) is 5.38 Å². The second kappa shape index (κ2) is 7.81. The van der Waals surface area contributed by atoms with E-state index in [4.69, 9.17) is 10.5 Å². The van der Waals surface area contributed by atoms with E-state index < -0.39 is 24.2 Å². The van der Waals surface area contributed by atoms with E-state index in [2.05, 4.69) is 15.0 Å². The first-order valence-electron chi connectivity index (χ1n) is 8.05. The molecule has 0 saturated carbocycles. The maximum atomic E-state index is 11.6. The van der Waals surface area contributed by atoms with Crippen LogP contribution in [0.2, 0.25) is 0 Å². The molecule has 0 atom stereocenters. The van der Waals surface area contributed by atoms with Crippen molar-refractivity contribution in [1.82, 2.24) is 4.98 Å². The lowest BCUT2D eigenvalue weighted by Gasteiger charge is -2.32. The third-order valence-electron chi connectivity index (χ3n) is 4.11. The van der Waals surface area contributed by atoms with Crippen LogP contribution in [0, 0.1) is 0 Å². The number of benzene rings is 1. The number of ether oxygens (including phenoxy) is 2. The number of hydrogen-bond acceptors (Lipinski definition) is 7. The van der Waals surface area contributed by atoms with Crippen LogP contribution in [0.3, 0.4) is 0 Å². The Morgan fingerprint density at radius 1 is 1.38 bits per heavy atom. The smallest absolute Gasteiger partial charge is 0.405 e. The molecule has 8 nitrogen and oxygen atoms in total. The van der Waals surface area contributed by atoms with Gasteiger partial charge in [0, 0.05) is 37.0 Å². The Bertz CT molecular complexity index is 801. The normalized spacial score (nSPS) is 16.0. The van der Waals surface area contributed by atoms with E-state index >= 15 is 0 Å². The molecule has 9 heteroatoms. The number of nitrogens with one attached hydrogen (secondary N) is 1. The van der Waals surface area contributed by atoms with Gasteiger partial charge in [-0.15, -0.1) is 11.3 Å². The molecule has 0 bridgehead atoms. The van der Waals surface area contributed by atoms with Crippen molar-refractivity contribution < 1.29 is 24.2 Å². The predicted octanol–water partition coefficient (Wildman–Crippen LogP) is 1.84. The molecular weight excluding hydrogens is 358 g/mol. The highest BCUT2D eigenvalue weighted by Gasteiger charge is 2.31. The van der Waals surface area contributed by atoms with Crippen molar-refractivity contribution in [2.24, 2.45) is 5.73 Å². The maximum Gasteiger partial charge on any atom is 0.405 e. The van der Waals surface area contributed by atoms with Crippen molar-refractivity contribution in [3.05, 3.63) is 35.2 Å². The van der Waals surface area contributed by atoms with Crippen molar-refractivity contribution in [2.45, 2.75) is 18.4 Å². The number of aliphatic hydroxyl groups is 1. The van der Waals surface area contributed by atoms with Gasteiger partial charge in [0.25, 0.3) is 5.91 Å². The Kier molecular flexibility index (Phi) is 5.50. The Hall–Kier alpha value is -2.49. The lowest BCUT2D eigenvalue weighted by molar-refractivity contribution is -0.118. The fourth-order valence-corrected chi connectivity index (χ4v) is 3.46. The monoisotopic (exact) mass is 377 g/mol. The van der Waals surface area contributed by atoms with E-state index in [1.165, 1.54) is 11.3 Å². The molecule has 1 aliphatic rings. The quantitative estimate of drug-likeness (QED) is 0.730. The topological polar surface area (TPSA) is 124 Å². The van der Waals surface area contributed by atoms with Gasteiger partial charge in [-0.2, -0.15) is 0 Å². The number of nitrogens with zero attached hydrogens (tertiary/aromatic N) is 1. The standard InChI is InChI=1S/C17H19N3O5S/c18-15(22)25-9-14(21)20-16-19-13(10-26-16)11-2-1-3-12(8-11)17(23)4-6-24-7-5-17/h1-3,8,10,23H,4-7,9H2,(H2,18,22)(H,19,20,21). The number of amides is 2. The fraction of sp³-hybridized carbons (Fsp3) is 0.353. The summed E-state index contributed by atoms with van der Waals surface area (Å²) < 4.78 is 9.75. The molecule has 2 amide bonds. The molecule has 2 aromatic rings. The second-order valence-corrected chi connectivity index (χ2v) is 6.78. The highest BCUT2D eigenvalue weighted by Crippen LogP contribution is 2.34. The number of rotatable bonds is 5. The van der Waals surface area contributed by atoms with Gasteiger partial charge in [-0.1, -0.05) is 18.2 Å². The van der Waals surface area contributed by atoms with Crippen LogP contribution in [0.5, 0.6) is 0 Å². The highest BCUT2D eigenvalue weighted by molar-refractivity contribution is 7.14. The van der Waals surface area contributed by atoms with E-state index in [-0.39, 0.29) is 0 Å². The molecule has 1 aliphatic heterocycles. The van der Waals surface area contributed by atoms with Crippen LogP contribution in [0.1, 0.15) is 18.4 Å². The van der Waals surface area contributed by atoms with Crippen molar-refractivity contribution in [1.29, 1.82) is 0 Å². The number of hydrogen-bond donors (Lipinski definition) is 3. The van der Waals surface area contributed by atoms with Gasteiger partial charge in [0.2, 0.25) is 0 Å². The maximum absolute atomic E-state index is 11.6. The largest absolute Gasteiger partial charge is 0.440 e. The van der Waals surface area contributed by atoms with Gasteiger partial charge in [-0.25, -0.2) is 9.78 Å². The lowest BCUT2D eigenvalue weighted by atomic mass is 9.85. The van der Waals surface area contributed by atoms with E-state index in [9.17, 15) is 14.7 Å². The number of carbonyl (C=O) groups is 2. The molecule has 4 N–H and O–H groups in total. The Labute approximate surface area is 153 Å². The third-order valence-corrected chi connectivity index (χ3v) is 4.87. The van der Waals surface area contributed by atoms with E-state index in [0.29, 0.717) is 36.9 Å². The molecule has 1 aromatic carbocycles. The molecule has 3 rings (SSSR count). The summed E-state index contributed by atoms with van der Waals surface area (Å²) in [5.74, 6) is -0.519. The average Bonchev–Trinajstić information content (AvgIpc) is 3.09. The minimum atomic E-state index is -1.01. The molecule has 1 saturated heterocycles. The van der Waals surface area contributed by atoms with Crippen LogP contribution in [0.4, 0.5) is 9.93 Å². The molecule has 26 heavy (non-hydrogen) atoms. The summed E-state index contributed by atoms with van der Waals surface area (Å²) >= 11 is 1.25. The number of primary amides is 1. The van der Waals surface area contributed by atoms with Crippen LogP contribution in [0.15, 0.2) is 29.6 Å². The SMILES string of the molecule is NC(=O)OCC(=O)Nc1nc(-c2cccc(C3(O)CCOCC3)c2)cs1. The molecule has 0 radical (unpaired) electrons. The third kappa shape index (κ3) is 4.37. The summed E-state index contributed by atoms with van der Waals surface area (Å²) in [6, 6.07) is 7.56. The molecular formula is C17H19N3O5S. The second-order valence-electron chi connectivity index (χ2n) is 5.92. The Balaban J connectivity index is 1.72. The Morgan fingerprint density at radius 2 is 2.15 bits per heavy atom. The van der Waals surface area contributed by atoms with Crippen LogP contribution in [-0.2, 0) is 19.9 Å². The summed E-state index contributed by atoms with van der Waals surface area (Å²) in [5, 5.41) is 15.6. The van der Waals surface area contributed by atoms with Crippen LogP contribution >= 0.6 is 11.3 Å². The van der Waals surface area contributed by atoms with Gasteiger partial charge in [0.05, 0.1) is 11.3 Å². The van der Waals surface area contributed by atoms with Crippen molar-refractivity contribution in [3.63, 3.8) is 0 Å². The fourth-order valence-electron chi connectivity index (χ4n) is 2.72. The van der Waals surface area contributed by atoms with Crippen LogP contribution < -0.4 is 11.1 Å². The number of nitrogens with two attached hydrogens (primary N) is 1. The summed E-state index contributed by atoms with van der Waals surface area (Å²) in [6.07, 6.45) is 0.0893. The minimum absolute atomic E-state index is 0.383. The predicted molar refractivity (Wildman–Crippen MR) is 95.7 cm³/mol. The molecule has 0 unspecified atom stereocenters. The van der Waals surface area contributed by atoms with Gasteiger partial charge in [-0.3, -0.25) is 10.1 Å². The number of anilines is 1. The van der Waals surface area contributed by atoms with Gasteiger partial charge >= 0.3 is 6.09 Å². The first-order chi connectivity index (χ1) is 12.5. The zero-order chi connectivity index (χ0) is 18.6. The Morgan fingerprint density at radius 3 is 2.88 bits per heavy atom. The molecule has 1 fully saturated rings. The van der Waals surface area contributed by atoms with Crippen LogP contribution in [-0.4, -0.2) is 41.9 Å². The van der Waals surface area contributed by atoms with Gasteiger partial charge in [0.15, 0.2) is 11.7 Å². The summed E-state index contributed by atoms with van der Waals surface area (Å²) in [7, 11) is 0. The first-order valence-corrected chi connectivity index (χ1v) is 8.93. The van der Waals surface area contributed by atoms with E-state index in [1.807, 2.05) is 24.3 Å². The van der Waals surface area contributed by atoms with Crippen molar-refractivity contribution in [2.75, 3.05) is 25.1 Å². The highest BCUT2D eigenvalue weighted by atomic mass is 32.1. The zero-order valence-corrected chi connectivity index (χ0v) is 14.8. The molecule has 2 heterocycles. The average molecular weight is 377 g/mol. The van der Waals surface area contributed by atoms with Crippen LogP contribution in [0.25, 0.3) is 11.3 Å². The van der Waals surface area contributed by atoms with E-state index in [0.717, 1.165) is 11.1 Å².